The maximum atomic E-state index is 11.6. The van der Waals surface area contributed by atoms with Gasteiger partial charge in [0.05, 0.1) is 6.04 Å². The summed E-state index contributed by atoms with van der Waals surface area (Å²) < 4.78 is 0. The lowest BCUT2D eigenvalue weighted by molar-refractivity contribution is -0.122. The van der Waals surface area contributed by atoms with Crippen molar-refractivity contribution in [1.82, 2.24) is 10.6 Å². The Morgan fingerprint density at radius 2 is 2.11 bits per heavy atom. The van der Waals surface area contributed by atoms with Gasteiger partial charge in [-0.3, -0.25) is 10.1 Å². The second-order valence-corrected chi connectivity index (χ2v) is 5.00. The smallest absolute Gasteiger partial charge is 0.236 e. The normalized spacial score (nSPS) is 20.7. The van der Waals surface area contributed by atoms with Crippen LogP contribution in [-0.4, -0.2) is 19.0 Å². The average molecular weight is 246 g/mol. The summed E-state index contributed by atoms with van der Waals surface area (Å²) in [5, 5.41) is 6.15. The van der Waals surface area contributed by atoms with E-state index in [1.807, 2.05) is 6.92 Å². The summed E-state index contributed by atoms with van der Waals surface area (Å²) in [5.41, 5.74) is 2.79. The first-order chi connectivity index (χ1) is 8.72. The Kier molecular flexibility index (Phi) is 4.37. The van der Waals surface area contributed by atoms with Crippen molar-refractivity contribution in [2.45, 2.75) is 44.7 Å². The van der Waals surface area contributed by atoms with Crippen LogP contribution in [0.5, 0.6) is 0 Å². The van der Waals surface area contributed by atoms with Crippen LogP contribution in [0.3, 0.4) is 0 Å². The lowest BCUT2D eigenvalue weighted by Gasteiger charge is -2.23. The molecule has 2 N–H and O–H groups in total. The number of carbonyl (C=O) groups excluding carboxylic acids is 1. The topological polar surface area (TPSA) is 41.1 Å². The Morgan fingerprint density at radius 3 is 2.89 bits per heavy atom. The molecule has 1 aliphatic carbocycles. The number of amides is 1. The number of hydrogen-bond donors (Lipinski definition) is 2. The van der Waals surface area contributed by atoms with Crippen LogP contribution in [-0.2, 0) is 11.2 Å². The van der Waals surface area contributed by atoms with Crippen molar-refractivity contribution in [1.29, 1.82) is 0 Å². The summed E-state index contributed by atoms with van der Waals surface area (Å²) in [5.74, 6) is 0.0525. The largest absolute Gasteiger partial charge is 0.358 e. The van der Waals surface area contributed by atoms with Crippen LogP contribution in [0.15, 0.2) is 24.3 Å². The van der Waals surface area contributed by atoms with Gasteiger partial charge < -0.3 is 5.32 Å². The van der Waals surface area contributed by atoms with Crippen LogP contribution in [0, 0.1) is 0 Å². The average Bonchev–Trinajstić information content (AvgIpc) is 2.60. The summed E-state index contributed by atoms with van der Waals surface area (Å²) >= 11 is 0. The Labute approximate surface area is 109 Å². The lowest BCUT2D eigenvalue weighted by atomic mass is 9.98. The van der Waals surface area contributed by atoms with Crippen molar-refractivity contribution in [3.63, 3.8) is 0 Å². The van der Waals surface area contributed by atoms with Crippen LogP contribution in [0.4, 0.5) is 0 Å². The highest BCUT2D eigenvalue weighted by atomic mass is 16.2. The number of carbonyl (C=O) groups is 1. The van der Waals surface area contributed by atoms with E-state index in [4.69, 9.17) is 0 Å². The Balaban J connectivity index is 2.15. The highest BCUT2D eigenvalue weighted by molar-refractivity contribution is 5.81. The van der Waals surface area contributed by atoms with E-state index in [0.29, 0.717) is 6.04 Å². The molecule has 0 aliphatic heterocycles. The molecule has 0 saturated heterocycles. The number of benzene rings is 1. The van der Waals surface area contributed by atoms with Crippen LogP contribution >= 0.6 is 0 Å². The summed E-state index contributed by atoms with van der Waals surface area (Å²) in [6.07, 6.45) is 4.72. The predicted molar refractivity (Wildman–Crippen MR) is 73.4 cm³/mol. The molecule has 2 unspecified atom stereocenters. The fourth-order valence-electron chi connectivity index (χ4n) is 2.69. The lowest BCUT2D eigenvalue weighted by Crippen LogP contribution is -2.42. The van der Waals surface area contributed by atoms with Gasteiger partial charge in [0.15, 0.2) is 0 Å². The molecule has 3 nitrogen and oxygen atoms in total. The number of likely N-dealkylation sites (N-methyl/N-ethyl adjacent to an activating group) is 1. The van der Waals surface area contributed by atoms with Crippen molar-refractivity contribution in [3.05, 3.63) is 35.4 Å². The monoisotopic (exact) mass is 246 g/mol. The van der Waals surface area contributed by atoms with Crippen molar-refractivity contribution in [3.8, 4) is 0 Å². The van der Waals surface area contributed by atoms with Gasteiger partial charge in [0.1, 0.15) is 0 Å². The number of rotatable bonds is 3. The second kappa shape index (κ2) is 6.01. The molecule has 2 atom stereocenters. The second-order valence-electron chi connectivity index (χ2n) is 5.00. The zero-order valence-electron chi connectivity index (χ0n) is 11.2. The third-order valence-electron chi connectivity index (χ3n) is 3.71. The summed E-state index contributed by atoms with van der Waals surface area (Å²) in [7, 11) is 1.68. The van der Waals surface area contributed by atoms with Gasteiger partial charge in [-0.25, -0.2) is 0 Å². The minimum atomic E-state index is -0.147. The van der Waals surface area contributed by atoms with E-state index in [2.05, 4.69) is 34.9 Å². The number of hydrogen-bond acceptors (Lipinski definition) is 2. The van der Waals surface area contributed by atoms with Gasteiger partial charge in [-0.1, -0.05) is 30.7 Å². The third kappa shape index (κ3) is 2.91. The standard InChI is InChI=1S/C15H22N2O/c1-11(15(18)16-2)17-14-10-6-4-8-12-7-3-5-9-13(12)14/h3,5,7,9,11,14,17H,4,6,8,10H2,1-2H3,(H,16,18). The molecule has 98 valence electrons. The van der Waals surface area contributed by atoms with E-state index in [0.717, 1.165) is 12.8 Å². The maximum Gasteiger partial charge on any atom is 0.236 e. The van der Waals surface area contributed by atoms with E-state index in [9.17, 15) is 4.79 Å². The molecule has 0 heterocycles. The van der Waals surface area contributed by atoms with Gasteiger partial charge in [0, 0.05) is 13.1 Å². The van der Waals surface area contributed by atoms with E-state index in [-0.39, 0.29) is 11.9 Å². The molecular formula is C15H22N2O. The maximum absolute atomic E-state index is 11.6. The van der Waals surface area contributed by atoms with Crippen molar-refractivity contribution < 1.29 is 4.79 Å². The van der Waals surface area contributed by atoms with Crippen molar-refractivity contribution in [2.24, 2.45) is 0 Å². The molecular weight excluding hydrogens is 224 g/mol. The summed E-state index contributed by atoms with van der Waals surface area (Å²) in [4.78, 5) is 11.6. The molecule has 1 aromatic rings. The molecule has 0 aromatic heterocycles. The van der Waals surface area contributed by atoms with Crippen molar-refractivity contribution >= 4 is 5.91 Å². The van der Waals surface area contributed by atoms with Gasteiger partial charge in [0.25, 0.3) is 0 Å². The first-order valence-corrected chi connectivity index (χ1v) is 6.78. The number of aryl methyl sites for hydroxylation is 1. The van der Waals surface area contributed by atoms with Gasteiger partial charge >= 0.3 is 0 Å². The first-order valence-electron chi connectivity index (χ1n) is 6.78. The molecule has 2 rings (SSSR count). The predicted octanol–water partition coefficient (Wildman–Crippen LogP) is 2.18. The van der Waals surface area contributed by atoms with Crippen molar-refractivity contribution in [2.75, 3.05) is 7.05 Å². The van der Waals surface area contributed by atoms with E-state index >= 15 is 0 Å². The molecule has 0 radical (unpaired) electrons. The molecule has 0 spiro atoms. The molecule has 1 aliphatic rings. The summed E-state index contributed by atoms with van der Waals surface area (Å²) in [6.45, 7) is 1.92. The van der Waals surface area contributed by atoms with Crippen LogP contribution in [0.1, 0.15) is 43.4 Å². The van der Waals surface area contributed by atoms with E-state index in [1.165, 1.54) is 24.0 Å². The molecule has 1 amide bonds. The fraction of sp³-hybridized carbons (Fsp3) is 0.533. The van der Waals surface area contributed by atoms with Gasteiger partial charge in [-0.2, -0.15) is 0 Å². The van der Waals surface area contributed by atoms with Crippen LogP contribution in [0.2, 0.25) is 0 Å². The Bertz CT molecular complexity index is 417. The van der Waals surface area contributed by atoms with Crippen LogP contribution < -0.4 is 10.6 Å². The zero-order valence-corrected chi connectivity index (χ0v) is 11.2. The molecule has 3 heteroatoms. The van der Waals surface area contributed by atoms with Crippen LogP contribution in [0.25, 0.3) is 0 Å². The molecule has 1 aromatic carbocycles. The minimum Gasteiger partial charge on any atom is -0.358 e. The third-order valence-corrected chi connectivity index (χ3v) is 3.71. The quantitative estimate of drug-likeness (QED) is 0.803. The molecule has 0 saturated carbocycles. The molecule has 0 bridgehead atoms. The van der Waals surface area contributed by atoms with Gasteiger partial charge in [-0.15, -0.1) is 0 Å². The zero-order chi connectivity index (χ0) is 13.0. The Hall–Kier alpha value is -1.35. The molecule has 18 heavy (non-hydrogen) atoms. The van der Waals surface area contributed by atoms with E-state index in [1.54, 1.807) is 7.05 Å². The van der Waals surface area contributed by atoms with Gasteiger partial charge in [0.2, 0.25) is 5.91 Å². The highest BCUT2D eigenvalue weighted by Crippen LogP contribution is 2.28. The fourth-order valence-corrected chi connectivity index (χ4v) is 2.69. The van der Waals surface area contributed by atoms with E-state index < -0.39 is 0 Å². The summed E-state index contributed by atoms with van der Waals surface area (Å²) in [6, 6.07) is 8.74. The SMILES string of the molecule is CNC(=O)C(C)NC1CCCCc2ccccc21. The first kappa shape index (κ1) is 13.1. The van der Waals surface area contributed by atoms with Gasteiger partial charge in [-0.05, 0) is 37.3 Å². The number of fused-ring (bicyclic) bond motifs is 1. The Morgan fingerprint density at radius 1 is 1.33 bits per heavy atom. The highest BCUT2D eigenvalue weighted by Gasteiger charge is 2.21. The number of nitrogens with one attached hydrogen (secondary N) is 2. The minimum absolute atomic E-state index is 0.0525. The molecule has 0 fully saturated rings.